The third kappa shape index (κ3) is 2.37. The van der Waals surface area contributed by atoms with Gasteiger partial charge in [0.25, 0.3) is 0 Å². The summed E-state index contributed by atoms with van der Waals surface area (Å²) in [5.74, 6) is 2.32. The molecule has 23 heavy (non-hydrogen) atoms. The molecule has 2 aromatic rings. The average molecular weight is 317 g/mol. The van der Waals surface area contributed by atoms with Crippen molar-refractivity contribution in [2.75, 3.05) is 18.0 Å². The Morgan fingerprint density at radius 3 is 2.61 bits per heavy atom. The first kappa shape index (κ1) is 13.4. The average Bonchev–Trinajstić information content (AvgIpc) is 2.97. The van der Waals surface area contributed by atoms with Gasteiger partial charge in [-0.2, -0.15) is 0 Å². The molecule has 0 radical (unpaired) electrons. The Labute approximate surface area is 131 Å². The van der Waals surface area contributed by atoms with E-state index in [0.717, 1.165) is 31.7 Å². The highest BCUT2D eigenvalue weighted by Gasteiger charge is 2.45. The van der Waals surface area contributed by atoms with E-state index in [1.165, 1.54) is 12.4 Å². The molecule has 4 heterocycles. The van der Waals surface area contributed by atoms with Gasteiger partial charge in [0.1, 0.15) is 6.10 Å². The van der Waals surface area contributed by atoms with Gasteiger partial charge in [-0.25, -0.2) is 14.4 Å². The molecule has 8 heteroatoms. The SMILES string of the molecule is Fc1cnc(N2C[C@@H]3C[C@@H](c4nnc(C5CC5)o4)O[C@@H]3C2)nc1. The highest BCUT2D eigenvalue weighted by atomic mass is 19.1. The van der Waals surface area contributed by atoms with Crippen LogP contribution < -0.4 is 4.90 Å². The molecule has 3 atom stereocenters. The molecule has 0 spiro atoms. The third-order valence-corrected chi connectivity index (χ3v) is 4.78. The van der Waals surface area contributed by atoms with Crippen LogP contribution in [0, 0.1) is 11.7 Å². The van der Waals surface area contributed by atoms with Crippen molar-refractivity contribution in [1.29, 1.82) is 0 Å². The van der Waals surface area contributed by atoms with Crippen LogP contribution in [0.2, 0.25) is 0 Å². The Morgan fingerprint density at radius 1 is 1.09 bits per heavy atom. The number of nitrogens with zero attached hydrogens (tertiary/aromatic N) is 5. The van der Waals surface area contributed by atoms with Crippen molar-refractivity contribution >= 4 is 5.95 Å². The van der Waals surface area contributed by atoms with Crippen molar-refractivity contribution in [2.45, 2.75) is 37.4 Å². The van der Waals surface area contributed by atoms with Crippen LogP contribution in [0.25, 0.3) is 0 Å². The van der Waals surface area contributed by atoms with E-state index in [1.54, 1.807) is 0 Å². The molecule has 0 N–H and O–H groups in total. The molecule has 3 aliphatic rings. The van der Waals surface area contributed by atoms with Crippen LogP contribution in [0.15, 0.2) is 16.8 Å². The minimum atomic E-state index is -0.424. The fraction of sp³-hybridized carbons (Fsp3) is 0.600. The van der Waals surface area contributed by atoms with Crippen molar-refractivity contribution in [1.82, 2.24) is 20.2 Å². The number of aromatic nitrogens is 4. The zero-order valence-corrected chi connectivity index (χ0v) is 12.4. The maximum Gasteiger partial charge on any atom is 0.245 e. The van der Waals surface area contributed by atoms with Gasteiger partial charge < -0.3 is 14.1 Å². The fourth-order valence-corrected chi connectivity index (χ4v) is 3.43. The molecule has 1 aliphatic carbocycles. The van der Waals surface area contributed by atoms with Crippen molar-refractivity contribution in [2.24, 2.45) is 5.92 Å². The molecule has 2 aromatic heterocycles. The molecule has 2 saturated heterocycles. The Kier molecular flexibility index (Phi) is 2.88. The van der Waals surface area contributed by atoms with Gasteiger partial charge in [-0.3, -0.25) is 0 Å². The van der Waals surface area contributed by atoms with E-state index in [2.05, 4.69) is 20.2 Å². The first-order chi connectivity index (χ1) is 11.3. The van der Waals surface area contributed by atoms with E-state index < -0.39 is 5.82 Å². The number of anilines is 1. The predicted molar refractivity (Wildman–Crippen MR) is 76.2 cm³/mol. The number of hydrogen-bond acceptors (Lipinski definition) is 7. The van der Waals surface area contributed by atoms with Crippen LogP contribution in [-0.2, 0) is 4.74 Å². The molecule has 120 valence electrons. The summed E-state index contributed by atoms with van der Waals surface area (Å²) in [5.41, 5.74) is 0. The van der Waals surface area contributed by atoms with Crippen molar-refractivity contribution in [3.8, 4) is 0 Å². The Hall–Kier alpha value is -2.09. The topological polar surface area (TPSA) is 77.2 Å². The lowest BCUT2D eigenvalue weighted by Gasteiger charge is -2.17. The lowest BCUT2D eigenvalue weighted by atomic mass is 10.0. The van der Waals surface area contributed by atoms with Crippen molar-refractivity contribution in [3.63, 3.8) is 0 Å². The van der Waals surface area contributed by atoms with Crippen LogP contribution in [0.1, 0.15) is 43.1 Å². The molecule has 5 rings (SSSR count). The Morgan fingerprint density at radius 2 is 1.87 bits per heavy atom. The van der Waals surface area contributed by atoms with E-state index >= 15 is 0 Å². The summed E-state index contributed by atoms with van der Waals surface area (Å²) in [5, 5.41) is 8.28. The first-order valence-electron chi connectivity index (χ1n) is 7.97. The van der Waals surface area contributed by atoms with Gasteiger partial charge in [-0.15, -0.1) is 10.2 Å². The second-order valence-corrected chi connectivity index (χ2v) is 6.52. The molecule has 3 fully saturated rings. The minimum absolute atomic E-state index is 0.102. The molecule has 0 amide bonds. The zero-order valence-electron chi connectivity index (χ0n) is 12.4. The van der Waals surface area contributed by atoms with Crippen LogP contribution in [0.4, 0.5) is 10.3 Å². The van der Waals surface area contributed by atoms with Gasteiger partial charge >= 0.3 is 0 Å². The molecule has 0 unspecified atom stereocenters. The Balaban J connectivity index is 1.26. The fourth-order valence-electron chi connectivity index (χ4n) is 3.43. The standard InChI is InChI=1S/C15H16FN5O2/c16-10-4-17-15(18-5-10)21-6-9-3-11(22-12(9)7-21)14-20-19-13(23-14)8-1-2-8/h4-5,8-9,11-12H,1-3,6-7H2/t9-,11-,12+/m0/s1. The monoisotopic (exact) mass is 317 g/mol. The lowest BCUT2D eigenvalue weighted by Crippen LogP contribution is -2.25. The van der Waals surface area contributed by atoms with Crippen molar-refractivity contribution < 1.29 is 13.5 Å². The number of halogens is 1. The molecular weight excluding hydrogens is 301 g/mol. The van der Waals surface area contributed by atoms with Gasteiger partial charge in [0.15, 0.2) is 5.82 Å². The van der Waals surface area contributed by atoms with E-state index in [4.69, 9.17) is 9.15 Å². The normalized spacial score (nSPS) is 30.0. The van der Waals surface area contributed by atoms with E-state index in [-0.39, 0.29) is 12.2 Å². The van der Waals surface area contributed by atoms with E-state index in [0.29, 0.717) is 30.2 Å². The molecule has 1 saturated carbocycles. The highest BCUT2D eigenvalue weighted by molar-refractivity contribution is 5.32. The summed E-state index contributed by atoms with van der Waals surface area (Å²) < 4.78 is 24.8. The predicted octanol–water partition coefficient (Wildman–Crippen LogP) is 1.84. The Bertz CT molecular complexity index is 703. The largest absolute Gasteiger partial charge is 0.422 e. The van der Waals surface area contributed by atoms with Gasteiger partial charge in [0.05, 0.1) is 18.5 Å². The summed E-state index contributed by atoms with van der Waals surface area (Å²) >= 11 is 0. The summed E-state index contributed by atoms with van der Waals surface area (Å²) in [6.45, 7) is 1.51. The smallest absolute Gasteiger partial charge is 0.245 e. The molecule has 0 aromatic carbocycles. The van der Waals surface area contributed by atoms with E-state index in [1.807, 2.05) is 4.90 Å². The second-order valence-electron chi connectivity index (χ2n) is 6.52. The summed E-state index contributed by atoms with van der Waals surface area (Å²) in [7, 11) is 0. The minimum Gasteiger partial charge on any atom is -0.422 e. The first-order valence-corrected chi connectivity index (χ1v) is 7.97. The number of rotatable bonds is 3. The third-order valence-electron chi connectivity index (χ3n) is 4.78. The van der Waals surface area contributed by atoms with Gasteiger partial charge in [0.2, 0.25) is 17.7 Å². The summed E-state index contributed by atoms with van der Waals surface area (Å²) in [6.07, 6.45) is 5.52. The van der Waals surface area contributed by atoms with Crippen molar-refractivity contribution in [3.05, 3.63) is 30.0 Å². The maximum atomic E-state index is 12.9. The van der Waals surface area contributed by atoms with Crippen LogP contribution in [-0.4, -0.2) is 39.4 Å². The quantitative estimate of drug-likeness (QED) is 0.854. The lowest BCUT2D eigenvalue weighted by molar-refractivity contribution is 0.0329. The van der Waals surface area contributed by atoms with Crippen LogP contribution >= 0.6 is 0 Å². The molecule has 0 bridgehead atoms. The van der Waals surface area contributed by atoms with Gasteiger partial charge in [-0.05, 0) is 19.3 Å². The highest BCUT2D eigenvalue weighted by Crippen LogP contribution is 2.43. The van der Waals surface area contributed by atoms with Crippen LogP contribution in [0.5, 0.6) is 0 Å². The summed E-state index contributed by atoms with van der Waals surface area (Å²) in [4.78, 5) is 10.1. The van der Waals surface area contributed by atoms with E-state index in [9.17, 15) is 4.39 Å². The number of ether oxygens (including phenoxy) is 1. The molecule has 2 aliphatic heterocycles. The molecule has 7 nitrogen and oxygen atoms in total. The van der Waals surface area contributed by atoms with Crippen LogP contribution in [0.3, 0.4) is 0 Å². The zero-order chi connectivity index (χ0) is 15.4. The number of hydrogen-bond donors (Lipinski definition) is 0. The van der Waals surface area contributed by atoms with Gasteiger partial charge in [0, 0.05) is 24.9 Å². The summed E-state index contributed by atoms with van der Waals surface area (Å²) in [6, 6.07) is 0. The maximum absolute atomic E-state index is 12.9. The number of fused-ring (bicyclic) bond motifs is 1. The van der Waals surface area contributed by atoms with Gasteiger partial charge in [-0.1, -0.05) is 0 Å². The molecular formula is C15H16FN5O2. The second kappa shape index (κ2) is 4.95.